The molecule has 0 fully saturated rings. The molecule has 9 heteroatoms. The van der Waals surface area contributed by atoms with Crippen LogP contribution >= 0.6 is 0 Å². The SMILES string of the molecule is CCOC(=O)C1=C(COC(=O)c2ccco2)NC(=O)N[C@H]1c1ccc(OC)cc1. The van der Waals surface area contributed by atoms with Crippen LogP contribution in [0.15, 0.2) is 58.3 Å². The van der Waals surface area contributed by atoms with E-state index in [-0.39, 0.29) is 30.2 Å². The Morgan fingerprint density at radius 3 is 2.48 bits per heavy atom. The fourth-order valence-corrected chi connectivity index (χ4v) is 2.83. The van der Waals surface area contributed by atoms with Crippen molar-refractivity contribution in [3.8, 4) is 5.75 Å². The summed E-state index contributed by atoms with van der Waals surface area (Å²) in [5.41, 5.74) is 0.912. The zero-order valence-corrected chi connectivity index (χ0v) is 15.9. The number of hydrogen-bond donors (Lipinski definition) is 2. The molecule has 0 unspecified atom stereocenters. The maximum atomic E-state index is 12.6. The number of furan rings is 1. The lowest BCUT2D eigenvalue weighted by Crippen LogP contribution is -2.47. The summed E-state index contributed by atoms with van der Waals surface area (Å²) in [4.78, 5) is 36.9. The number of carbonyl (C=O) groups is 3. The van der Waals surface area contributed by atoms with E-state index in [1.165, 1.54) is 19.4 Å². The summed E-state index contributed by atoms with van der Waals surface area (Å²) in [5, 5.41) is 5.22. The fourth-order valence-electron chi connectivity index (χ4n) is 2.83. The lowest BCUT2D eigenvalue weighted by Gasteiger charge is -2.29. The van der Waals surface area contributed by atoms with Crippen molar-refractivity contribution in [1.29, 1.82) is 0 Å². The molecule has 2 aromatic rings. The van der Waals surface area contributed by atoms with Gasteiger partial charge in [0, 0.05) is 0 Å². The third kappa shape index (κ3) is 4.57. The lowest BCUT2D eigenvalue weighted by atomic mass is 9.95. The van der Waals surface area contributed by atoms with E-state index >= 15 is 0 Å². The van der Waals surface area contributed by atoms with Crippen molar-refractivity contribution in [2.75, 3.05) is 20.3 Å². The number of amides is 2. The summed E-state index contributed by atoms with van der Waals surface area (Å²) in [7, 11) is 1.54. The molecular weight excluding hydrogens is 380 g/mol. The normalized spacial score (nSPS) is 15.9. The molecule has 29 heavy (non-hydrogen) atoms. The zero-order chi connectivity index (χ0) is 20.8. The maximum absolute atomic E-state index is 12.6. The topological polar surface area (TPSA) is 116 Å². The number of esters is 2. The first-order valence-electron chi connectivity index (χ1n) is 8.85. The number of carbonyl (C=O) groups excluding carboxylic acids is 3. The Morgan fingerprint density at radius 2 is 1.86 bits per heavy atom. The highest BCUT2D eigenvalue weighted by atomic mass is 16.5. The molecule has 1 atom stereocenters. The van der Waals surface area contributed by atoms with Crippen LogP contribution in [-0.2, 0) is 14.3 Å². The van der Waals surface area contributed by atoms with Crippen LogP contribution in [0, 0.1) is 0 Å². The van der Waals surface area contributed by atoms with E-state index < -0.39 is 24.0 Å². The second-order valence-corrected chi connectivity index (χ2v) is 5.97. The molecule has 0 saturated carbocycles. The monoisotopic (exact) mass is 400 g/mol. The quantitative estimate of drug-likeness (QED) is 0.685. The maximum Gasteiger partial charge on any atom is 0.374 e. The van der Waals surface area contributed by atoms with Crippen LogP contribution in [-0.4, -0.2) is 38.3 Å². The number of urea groups is 1. The summed E-state index contributed by atoms with van der Waals surface area (Å²) in [6, 6.07) is 8.54. The van der Waals surface area contributed by atoms with E-state index in [4.69, 9.17) is 18.6 Å². The summed E-state index contributed by atoms with van der Waals surface area (Å²) in [5.74, 6) is -0.720. The molecule has 9 nitrogen and oxygen atoms in total. The van der Waals surface area contributed by atoms with Gasteiger partial charge in [-0.15, -0.1) is 0 Å². The van der Waals surface area contributed by atoms with E-state index in [2.05, 4.69) is 10.6 Å². The third-order valence-electron chi connectivity index (χ3n) is 4.17. The molecule has 0 aliphatic carbocycles. The van der Waals surface area contributed by atoms with Crippen LogP contribution in [0.2, 0.25) is 0 Å². The molecule has 1 aliphatic rings. The predicted octanol–water partition coefficient (Wildman–Crippen LogP) is 2.32. The zero-order valence-electron chi connectivity index (χ0n) is 15.9. The van der Waals surface area contributed by atoms with Gasteiger partial charge in [0.25, 0.3) is 0 Å². The molecule has 1 aromatic carbocycles. The van der Waals surface area contributed by atoms with Crippen LogP contribution in [0.4, 0.5) is 4.79 Å². The number of rotatable bonds is 7. The van der Waals surface area contributed by atoms with Gasteiger partial charge in [0.1, 0.15) is 12.4 Å². The minimum atomic E-state index is -0.786. The molecule has 2 N–H and O–H groups in total. The van der Waals surface area contributed by atoms with Gasteiger partial charge < -0.3 is 29.3 Å². The highest BCUT2D eigenvalue weighted by Gasteiger charge is 2.34. The average Bonchev–Trinajstić information content (AvgIpc) is 3.26. The van der Waals surface area contributed by atoms with Crippen LogP contribution in [0.5, 0.6) is 5.75 Å². The summed E-state index contributed by atoms with van der Waals surface area (Å²) in [6.45, 7) is 1.48. The van der Waals surface area contributed by atoms with Gasteiger partial charge in [-0.25, -0.2) is 14.4 Å². The number of hydrogen-bond acceptors (Lipinski definition) is 7. The van der Waals surface area contributed by atoms with Crippen molar-refractivity contribution >= 4 is 18.0 Å². The van der Waals surface area contributed by atoms with Crippen molar-refractivity contribution in [2.24, 2.45) is 0 Å². The molecule has 0 bridgehead atoms. The highest BCUT2D eigenvalue weighted by molar-refractivity contribution is 5.95. The van der Waals surface area contributed by atoms with Crippen LogP contribution < -0.4 is 15.4 Å². The Labute approximate surface area is 166 Å². The van der Waals surface area contributed by atoms with Crippen molar-refractivity contribution in [1.82, 2.24) is 10.6 Å². The molecule has 2 heterocycles. The van der Waals surface area contributed by atoms with Crippen molar-refractivity contribution < 1.29 is 33.0 Å². The standard InChI is InChI=1S/C20H20N2O7/c1-3-27-19(24)16-14(11-29-18(23)15-5-4-10-28-15)21-20(25)22-17(16)12-6-8-13(26-2)9-7-12/h4-10,17H,3,11H2,1-2H3,(H2,21,22,25)/t17-/m0/s1. The summed E-state index contributed by atoms with van der Waals surface area (Å²) >= 11 is 0. The number of methoxy groups -OCH3 is 1. The van der Waals surface area contributed by atoms with Gasteiger partial charge in [0.05, 0.1) is 37.3 Å². The number of nitrogens with one attached hydrogen (secondary N) is 2. The van der Waals surface area contributed by atoms with Crippen LogP contribution in [0.25, 0.3) is 0 Å². The molecule has 0 radical (unpaired) electrons. The second-order valence-electron chi connectivity index (χ2n) is 5.97. The van der Waals surface area contributed by atoms with Gasteiger partial charge in [-0.05, 0) is 36.8 Å². The van der Waals surface area contributed by atoms with E-state index in [1.807, 2.05) is 0 Å². The Bertz CT molecular complexity index is 917. The lowest BCUT2D eigenvalue weighted by molar-refractivity contribution is -0.139. The summed E-state index contributed by atoms with van der Waals surface area (Å²) in [6.07, 6.45) is 1.34. The number of benzene rings is 1. The molecule has 1 aliphatic heterocycles. The van der Waals surface area contributed by atoms with E-state index in [9.17, 15) is 14.4 Å². The number of ether oxygens (including phenoxy) is 3. The van der Waals surface area contributed by atoms with Crippen LogP contribution in [0.3, 0.4) is 0 Å². The Kier molecular flexibility index (Phi) is 6.18. The van der Waals surface area contributed by atoms with E-state index in [0.29, 0.717) is 11.3 Å². The molecule has 3 rings (SSSR count). The van der Waals surface area contributed by atoms with Crippen molar-refractivity contribution in [3.63, 3.8) is 0 Å². The fraction of sp³-hybridized carbons (Fsp3) is 0.250. The first kappa shape index (κ1) is 20.0. The Balaban J connectivity index is 1.92. The Morgan fingerprint density at radius 1 is 1.10 bits per heavy atom. The van der Waals surface area contributed by atoms with Crippen molar-refractivity contribution in [2.45, 2.75) is 13.0 Å². The molecule has 0 spiro atoms. The highest BCUT2D eigenvalue weighted by Crippen LogP contribution is 2.29. The molecule has 0 saturated heterocycles. The molecule has 1 aromatic heterocycles. The largest absolute Gasteiger partial charge is 0.497 e. The van der Waals surface area contributed by atoms with Crippen LogP contribution in [0.1, 0.15) is 29.1 Å². The summed E-state index contributed by atoms with van der Waals surface area (Å²) < 4.78 is 20.5. The van der Waals surface area contributed by atoms with Crippen molar-refractivity contribution in [3.05, 3.63) is 65.3 Å². The first-order valence-corrected chi connectivity index (χ1v) is 8.85. The molecule has 2 amide bonds. The second kappa shape index (κ2) is 8.96. The first-order chi connectivity index (χ1) is 14.0. The molecule has 152 valence electrons. The predicted molar refractivity (Wildman–Crippen MR) is 100 cm³/mol. The minimum Gasteiger partial charge on any atom is -0.497 e. The Hall–Kier alpha value is -3.75. The molecular formula is C20H20N2O7. The van der Waals surface area contributed by atoms with Gasteiger partial charge in [0.2, 0.25) is 5.76 Å². The van der Waals surface area contributed by atoms with Gasteiger partial charge in [0.15, 0.2) is 0 Å². The van der Waals surface area contributed by atoms with Gasteiger partial charge in [-0.2, -0.15) is 0 Å². The minimum absolute atomic E-state index is 0.00949. The smallest absolute Gasteiger partial charge is 0.374 e. The van der Waals surface area contributed by atoms with Gasteiger partial charge >= 0.3 is 18.0 Å². The van der Waals surface area contributed by atoms with Gasteiger partial charge in [-0.1, -0.05) is 12.1 Å². The van der Waals surface area contributed by atoms with E-state index in [1.54, 1.807) is 37.3 Å². The third-order valence-corrected chi connectivity index (χ3v) is 4.17. The average molecular weight is 400 g/mol. The van der Waals surface area contributed by atoms with Gasteiger partial charge in [-0.3, -0.25) is 0 Å². The van der Waals surface area contributed by atoms with E-state index in [0.717, 1.165) is 0 Å².